The number of anilines is 4. The summed E-state index contributed by atoms with van der Waals surface area (Å²) in [6, 6.07) is 14.1. The average molecular weight is 855 g/mol. The van der Waals surface area contributed by atoms with Gasteiger partial charge < -0.3 is 39.5 Å². The van der Waals surface area contributed by atoms with Crippen LogP contribution < -0.4 is 20.3 Å². The number of aliphatic hydroxyl groups excluding tert-OH is 1. The highest BCUT2D eigenvalue weighted by atomic mass is 32.2. The predicted molar refractivity (Wildman–Crippen MR) is 223 cm³/mol. The molecule has 0 saturated carbocycles. The van der Waals surface area contributed by atoms with E-state index in [1.807, 2.05) is 51.4 Å². The molecule has 0 radical (unpaired) electrons. The molecular weight excluding hydrogens is 808 g/mol. The fourth-order valence-corrected chi connectivity index (χ4v) is 8.58. The van der Waals surface area contributed by atoms with E-state index in [1.54, 1.807) is 18.0 Å². The van der Waals surface area contributed by atoms with Crippen molar-refractivity contribution in [1.29, 1.82) is 0 Å². The number of aromatic carboxylic acids is 1. The maximum Gasteiger partial charge on any atom is 0.355 e. The number of fused-ring (bicyclic) bond motifs is 1. The van der Waals surface area contributed by atoms with Crippen molar-refractivity contribution in [2.24, 2.45) is 0 Å². The van der Waals surface area contributed by atoms with Crippen LogP contribution in [0.1, 0.15) is 52.2 Å². The third kappa shape index (κ3) is 13.1. The number of carbonyl (C=O) groups is 1. The van der Waals surface area contributed by atoms with Crippen LogP contribution in [0.4, 0.5) is 26.3 Å². The number of benzene rings is 2. The number of hydrogen-bond acceptors (Lipinski definition) is 15. The zero-order valence-electron chi connectivity index (χ0n) is 32.7. The van der Waals surface area contributed by atoms with Gasteiger partial charge in [-0.1, -0.05) is 35.3 Å². The molecule has 0 aliphatic carbocycles. The molecule has 19 heteroatoms. The van der Waals surface area contributed by atoms with Gasteiger partial charge in [-0.05, 0) is 81.6 Å². The molecule has 0 saturated heterocycles. The third-order valence-corrected chi connectivity index (χ3v) is 11.8. The topological polar surface area (TPSA) is 203 Å². The second kappa shape index (κ2) is 20.2. The molecule has 310 valence electrons. The number of halogens is 1. The van der Waals surface area contributed by atoms with Crippen LogP contribution in [-0.4, -0.2) is 120 Å². The fraction of sp³-hybridized carbons (Fsp3) is 0.410. The summed E-state index contributed by atoms with van der Waals surface area (Å²) in [7, 11) is 1.17. The predicted octanol–water partition coefficient (Wildman–Crippen LogP) is 5.31. The first-order valence-corrected chi connectivity index (χ1v) is 21.8. The van der Waals surface area contributed by atoms with Crippen molar-refractivity contribution in [2.45, 2.75) is 45.1 Å². The molecular formula is C39H47FN8O7S3. The molecule has 5 rings (SSSR count). The van der Waals surface area contributed by atoms with E-state index in [-0.39, 0.29) is 24.5 Å². The number of carboxylic acids is 1. The zero-order chi connectivity index (χ0) is 41.9. The number of thiazole rings is 2. The van der Waals surface area contributed by atoms with E-state index in [1.165, 1.54) is 34.8 Å². The molecule has 0 bridgehead atoms. The Morgan fingerprint density at radius 3 is 2.60 bits per heavy atom. The number of rotatable bonds is 21. The molecule has 1 atom stereocenters. The molecule has 0 spiro atoms. The highest BCUT2D eigenvalue weighted by Crippen LogP contribution is 2.34. The van der Waals surface area contributed by atoms with E-state index in [2.05, 4.69) is 42.6 Å². The van der Waals surface area contributed by atoms with Crippen molar-refractivity contribution in [2.75, 3.05) is 69.9 Å². The van der Waals surface area contributed by atoms with Gasteiger partial charge in [0.05, 0.1) is 54.1 Å². The van der Waals surface area contributed by atoms with Gasteiger partial charge in [-0.25, -0.2) is 27.6 Å². The van der Waals surface area contributed by atoms with Gasteiger partial charge in [-0.15, -0.1) is 21.5 Å². The SMILES string of the molecule is CNCC#Cc1ccc(OCCCc2sc(N(CCCC(O)C[N+](C)(C)CCCS(=O)(=O)[O-])c3cc(C)c(Nc4nc5ccccc5s4)nn3)nc2C(=O)O)c(F)c1. The molecule has 0 aliphatic rings. The first-order chi connectivity index (χ1) is 27.6. The quantitative estimate of drug-likeness (QED) is 0.0320. The second-order valence-corrected chi connectivity index (χ2v) is 17.9. The number of carboxylic acid groups (broad SMARTS) is 1. The lowest BCUT2D eigenvalue weighted by Crippen LogP contribution is -2.46. The molecule has 2 aromatic carbocycles. The van der Waals surface area contributed by atoms with Crippen molar-refractivity contribution in [3.05, 3.63) is 76.0 Å². The van der Waals surface area contributed by atoms with Gasteiger partial charge in [0.2, 0.25) is 0 Å². The summed E-state index contributed by atoms with van der Waals surface area (Å²) < 4.78 is 54.9. The smallest absolute Gasteiger partial charge is 0.355 e. The van der Waals surface area contributed by atoms with E-state index < -0.39 is 33.8 Å². The van der Waals surface area contributed by atoms with Crippen LogP contribution in [-0.2, 0) is 16.5 Å². The Bertz CT molecular complexity index is 2330. The van der Waals surface area contributed by atoms with E-state index in [4.69, 9.17) is 4.74 Å². The Morgan fingerprint density at radius 1 is 1.10 bits per heavy atom. The monoisotopic (exact) mass is 854 g/mol. The number of aromatic nitrogens is 4. The first kappa shape index (κ1) is 44.3. The van der Waals surface area contributed by atoms with Crippen LogP contribution in [0.3, 0.4) is 0 Å². The standard InChI is InChI=1S/C39H47FN8O7S3/c1-26-23-34(45-46-36(26)44-38-42-30-13-5-6-14-32(30)56-38)47(19-8-12-28(49)25-48(3,4)20-10-22-58(52,53)54)39-43-35(37(50)51)33(57-39)15-9-21-55-31-17-16-27(24-29(31)40)11-7-18-41-2/h5-6,13-14,16-17,23-24,28,41,49H,8-10,12,15,18-22,25H2,1-4H3,(H2-,42,44,46,50,51,52,53,54). The van der Waals surface area contributed by atoms with Gasteiger partial charge in [0.1, 0.15) is 12.6 Å². The van der Waals surface area contributed by atoms with Gasteiger partial charge in [-0.3, -0.25) is 0 Å². The minimum absolute atomic E-state index is 0.0728. The number of quaternary nitrogens is 1. The highest BCUT2D eigenvalue weighted by molar-refractivity contribution is 7.85. The molecule has 0 aliphatic heterocycles. The number of likely N-dealkylation sites (N-methyl/N-ethyl adjacent to an activating group) is 1. The molecule has 3 aromatic heterocycles. The van der Waals surface area contributed by atoms with Crippen LogP contribution in [0.15, 0.2) is 48.5 Å². The largest absolute Gasteiger partial charge is 0.748 e. The van der Waals surface area contributed by atoms with Gasteiger partial charge in [0, 0.05) is 29.2 Å². The normalized spacial score (nSPS) is 12.3. The van der Waals surface area contributed by atoms with Gasteiger partial charge >= 0.3 is 5.97 Å². The molecule has 4 N–H and O–H groups in total. The average Bonchev–Trinajstić information content (AvgIpc) is 3.77. The Balaban J connectivity index is 1.31. The summed E-state index contributed by atoms with van der Waals surface area (Å²) >= 11 is 2.68. The minimum Gasteiger partial charge on any atom is -0.748 e. The zero-order valence-corrected chi connectivity index (χ0v) is 35.1. The number of hydrogen-bond donors (Lipinski definition) is 4. The van der Waals surface area contributed by atoms with Gasteiger partial charge in [0.25, 0.3) is 0 Å². The maximum absolute atomic E-state index is 14.7. The fourth-order valence-electron chi connectivity index (χ4n) is 6.11. The Kier molecular flexibility index (Phi) is 15.5. The van der Waals surface area contributed by atoms with Gasteiger partial charge in [0.15, 0.2) is 39.2 Å². The molecule has 58 heavy (non-hydrogen) atoms. The lowest BCUT2D eigenvalue weighted by Gasteiger charge is -2.32. The van der Waals surface area contributed by atoms with Crippen molar-refractivity contribution in [3.8, 4) is 17.6 Å². The maximum atomic E-state index is 14.7. The first-order valence-electron chi connectivity index (χ1n) is 18.6. The summed E-state index contributed by atoms with van der Waals surface area (Å²) in [6.07, 6.45) is 0.946. The molecule has 0 amide bonds. The van der Waals surface area contributed by atoms with E-state index >= 15 is 0 Å². The molecule has 0 fully saturated rings. The third-order valence-electron chi connectivity index (χ3n) is 8.90. The van der Waals surface area contributed by atoms with Crippen molar-refractivity contribution < 1.29 is 41.6 Å². The summed E-state index contributed by atoms with van der Waals surface area (Å²) in [5.74, 6) is 4.55. The Labute approximate surface area is 345 Å². The summed E-state index contributed by atoms with van der Waals surface area (Å²) in [5.41, 5.74) is 2.02. The minimum atomic E-state index is -4.32. The number of aryl methyl sites for hydroxylation is 2. The Morgan fingerprint density at radius 2 is 1.90 bits per heavy atom. The Hall–Kier alpha value is -4.81. The lowest BCUT2D eigenvalue weighted by atomic mass is 10.1. The van der Waals surface area contributed by atoms with Crippen LogP contribution >= 0.6 is 22.7 Å². The van der Waals surface area contributed by atoms with Crippen LogP contribution in [0, 0.1) is 24.6 Å². The van der Waals surface area contributed by atoms with Crippen molar-refractivity contribution >= 4 is 70.9 Å². The van der Waals surface area contributed by atoms with E-state index in [9.17, 15) is 32.4 Å². The summed E-state index contributed by atoms with van der Waals surface area (Å²) in [6.45, 7) is 3.51. The van der Waals surface area contributed by atoms with Crippen LogP contribution in [0.25, 0.3) is 10.2 Å². The molecule has 3 heterocycles. The second-order valence-electron chi connectivity index (χ2n) is 14.3. The number of nitrogens with zero attached hydrogens (tertiary/aromatic N) is 6. The van der Waals surface area contributed by atoms with E-state index in [0.29, 0.717) is 88.7 Å². The van der Waals surface area contributed by atoms with Crippen molar-refractivity contribution in [3.63, 3.8) is 0 Å². The number of ether oxygens (including phenoxy) is 1. The molecule has 1 unspecified atom stereocenters. The molecule has 15 nitrogen and oxygen atoms in total. The summed E-state index contributed by atoms with van der Waals surface area (Å²) in [5, 5.41) is 37.3. The number of aliphatic hydroxyl groups is 1. The van der Waals surface area contributed by atoms with Crippen LogP contribution in [0.5, 0.6) is 5.75 Å². The van der Waals surface area contributed by atoms with Crippen molar-refractivity contribution in [1.82, 2.24) is 25.5 Å². The summed E-state index contributed by atoms with van der Waals surface area (Å²) in [4.78, 5) is 23.9. The number of para-hydroxylation sites is 1. The van der Waals surface area contributed by atoms with E-state index in [0.717, 1.165) is 15.8 Å². The lowest BCUT2D eigenvalue weighted by molar-refractivity contribution is -0.893. The highest BCUT2D eigenvalue weighted by Gasteiger charge is 2.25. The van der Waals surface area contributed by atoms with Gasteiger partial charge in [-0.2, -0.15) is 0 Å². The van der Waals surface area contributed by atoms with Crippen LogP contribution in [0.2, 0.25) is 0 Å². The number of nitrogens with one attached hydrogen (secondary N) is 2. The molecule has 5 aromatic rings.